The second kappa shape index (κ2) is 20.9. The number of hydrogen-bond donors (Lipinski definition) is 0. The monoisotopic (exact) mass is 955 g/mol. The summed E-state index contributed by atoms with van der Waals surface area (Å²) in [7, 11) is -5.39. The van der Waals surface area contributed by atoms with Crippen molar-refractivity contribution in [3.05, 3.63) is 72.0 Å². The molecule has 0 unspecified atom stereocenters. The molecule has 23 heteroatoms. The molecule has 0 radical (unpaired) electrons. The maximum absolute atomic E-state index is 14.7. The van der Waals surface area contributed by atoms with E-state index in [0.717, 1.165) is 24.1 Å². The predicted octanol–water partition coefficient (Wildman–Crippen LogP) is 5.32. The van der Waals surface area contributed by atoms with E-state index in [9.17, 15) is 30.8 Å². The van der Waals surface area contributed by atoms with Crippen LogP contribution in [0.4, 0.5) is 14.0 Å². The Kier molecular flexibility index (Phi) is 15.6. The standard InChI is InChI=1S/C22H30N4O6S.C21H24FN5O5S/c1-14(2)31-22(27)26-10-8-17(9-11-26)32-21-20(30-4)18(23-13-24-21)12-16-6-7-19(25-15(16)3)33(5,28)29;1-13(2)31-21(28)26-8-6-14(7-9-26)32-20-16-11-25-27(19(16)23-12-24-20)18-5-4-15(10-17(18)22)33(3,29)30/h6-7,13-14,17H,8-12H2,1-5H3;4-5,10-14H,6-9H2,1-3H3. The first-order valence-corrected chi connectivity index (χ1v) is 25.0. The fourth-order valence-corrected chi connectivity index (χ4v) is 8.36. The lowest BCUT2D eigenvalue weighted by Crippen LogP contribution is -2.42. The van der Waals surface area contributed by atoms with Gasteiger partial charge in [0.1, 0.15) is 41.8 Å². The number of nitrogens with zero attached hydrogens (tertiary/aromatic N) is 9. The Balaban J connectivity index is 0.000000218. The van der Waals surface area contributed by atoms with E-state index in [4.69, 9.17) is 23.7 Å². The SMILES string of the molecule is CC(C)OC(=O)N1CCC(Oc2ncnc3c2cnn3-c2ccc(S(C)(=O)=O)cc2F)CC1.COc1c(Cc2ccc(S(C)(=O)=O)nc2C)ncnc1OC1CCN(C(=O)OC(C)C)CC1. The number of carbonyl (C=O) groups excluding carboxylic acids is 2. The Morgan fingerprint density at radius 2 is 1.33 bits per heavy atom. The zero-order chi connectivity index (χ0) is 47.9. The minimum atomic E-state index is -3.54. The first-order valence-electron chi connectivity index (χ1n) is 21.2. The molecule has 0 spiro atoms. The Bertz CT molecular complexity index is 2760. The minimum Gasteiger partial charge on any atom is -0.490 e. The van der Waals surface area contributed by atoms with Crippen LogP contribution in [-0.2, 0) is 35.6 Å². The Morgan fingerprint density at radius 1 is 0.773 bits per heavy atom. The molecule has 2 fully saturated rings. The zero-order valence-corrected chi connectivity index (χ0v) is 39.6. The number of fused-ring (bicyclic) bond motifs is 1. The number of pyridine rings is 1. The Hall–Kier alpha value is -6.23. The number of hydrogen-bond acceptors (Lipinski definition) is 17. The summed E-state index contributed by atoms with van der Waals surface area (Å²) in [4.78, 5) is 48.5. The van der Waals surface area contributed by atoms with Gasteiger partial charge in [0.05, 0.1) is 36.1 Å². The van der Waals surface area contributed by atoms with Crippen LogP contribution in [0.1, 0.15) is 70.3 Å². The van der Waals surface area contributed by atoms with Gasteiger partial charge in [-0.2, -0.15) is 10.1 Å². The molecule has 4 aromatic heterocycles. The maximum atomic E-state index is 14.7. The molecule has 0 bridgehead atoms. The first kappa shape index (κ1) is 49.2. The van der Waals surface area contributed by atoms with Crippen LogP contribution >= 0.6 is 0 Å². The maximum Gasteiger partial charge on any atom is 0.410 e. The van der Waals surface area contributed by atoms with Crippen LogP contribution in [0.15, 0.2) is 59.1 Å². The van der Waals surface area contributed by atoms with Crippen LogP contribution in [0, 0.1) is 12.7 Å². The number of methoxy groups -OCH3 is 1. The molecule has 1 aromatic carbocycles. The average Bonchev–Trinajstić information content (AvgIpc) is 3.69. The summed E-state index contributed by atoms with van der Waals surface area (Å²) in [5.74, 6) is 0.321. The average molecular weight is 956 g/mol. The molecule has 2 amide bonds. The third kappa shape index (κ3) is 12.4. The lowest BCUT2D eigenvalue weighted by molar-refractivity contribution is 0.0494. The highest BCUT2D eigenvalue weighted by atomic mass is 32.2. The van der Waals surface area contributed by atoms with Crippen LogP contribution in [0.2, 0.25) is 0 Å². The first-order chi connectivity index (χ1) is 31.2. The third-order valence-electron chi connectivity index (χ3n) is 10.5. The second-order valence-corrected chi connectivity index (χ2v) is 20.3. The Labute approximate surface area is 382 Å². The molecule has 7 rings (SSSR count). The smallest absolute Gasteiger partial charge is 0.410 e. The number of carbonyl (C=O) groups is 2. The van der Waals surface area contributed by atoms with Crippen molar-refractivity contribution in [2.75, 3.05) is 45.8 Å². The number of piperidine rings is 2. The minimum absolute atomic E-state index is 0.0334. The topological polar surface area (TPSA) is 237 Å². The summed E-state index contributed by atoms with van der Waals surface area (Å²) < 4.78 is 91.0. The number of aryl methyl sites for hydroxylation is 1. The lowest BCUT2D eigenvalue weighted by Gasteiger charge is -2.32. The molecule has 0 N–H and O–H groups in total. The summed E-state index contributed by atoms with van der Waals surface area (Å²) in [6.07, 6.45) is 7.94. The van der Waals surface area contributed by atoms with Gasteiger partial charge in [-0.15, -0.1) is 0 Å². The molecule has 20 nitrogen and oxygen atoms in total. The molecule has 0 aliphatic carbocycles. The number of ether oxygens (including phenoxy) is 5. The normalized spacial score (nSPS) is 15.1. The number of benzene rings is 1. The van der Waals surface area contributed by atoms with Gasteiger partial charge in [0.15, 0.2) is 30.3 Å². The highest BCUT2D eigenvalue weighted by Crippen LogP contribution is 2.32. The number of likely N-dealkylation sites (tertiary alicyclic amines) is 2. The van der Waals surface area contributed by atoms with E-state index in [-0.39, 0.29) is 52.2 Å². The third-order valence-corrected chi connectivity index (χ3v) is 12.6. The second-order valence-electron chi connectivity index (χ2n) is 16.3. The van der Waals surface area contributed by atoms with E-state index in [2.05, 4.69) is 30.0 Å². The van der Waals surface area contributed by atoms with Crippen molar-refractivity contribution in [2.45, 2.75) is 101 Å². The van der Waals surface area contributed by atoms with Crippen LogP contribution in [0.3, 0.4) is 0 Å². The van der Waals surface area contributed by atoms with Gasteiger partial charge < -0.3 is 33.5 Å². The van der Waals surface area contributed by atoms with Crippen molar-refractivity contribution in [1.82, 2.24) is 44.5 Å². The van der Waals surface area contributed by atoms with Crippen molar-refractivity contribution in [3.63, 3.8) is 0 Å². The van der Waals surface area contributed by atoms with Gasteiger partial charge >= 0.3 is 12.2 Å². The molecule has 6 heterocycles. The van der Waals surface area contributed by atoms with Gasteiger partial charge in [0.2, 0.25) is 11.6 Å². The van der Waals surface area contributed by atoms with Crippen molar-refractivity contribution in [3.8, 4) is 23.2 Å². The van der Waals surface area contributed by atoms with Gasteiger partial charge in [0.25, 0.3) is 5.88 Å². The van der Waals surface area contributed by atoms with Gasteiger partial charge in [-0.3, -0.25) is 0 Å². The molecule has 5 aromatic rings. The van der Waals surface area contributed by atoms with Crippen LogP contribution in [0.25, 0.3) is 16.7 Å². The summed E-state index contributed by atoms with van der Waals surface area (Å²) >= 11 is 0. The number of amides is 2. The van der Waals surface area contributed by atoms with Crippen LogP contribution in [-0.4, -0.2) is 144 Å². The number of rotatable bonds is 12. The predicted molar refractivity (Wildman–Crippen MR) is 237 cm³/mol. The van der Waals surface area contributed by atoms with Crippen molar-refractivity contribution >= 4 is 42.9 Å². The van der Waals surface area contributed by atoms with Crippen molar-refractivity contribution in [2.24, 2.45) is 0 Å². The van der Waals surface area contributed by atoms with E-state index in [1.54, 1.807) is 36.6 Å². The molecule has 66 heavy (non-hydrogen) atoms. The zero-order valence-electron chi connectivity index (χ0n) is 38.0. The molecule has 0 atom stereocenters. The largest absolute Gasteiger partial charge is 0.490 e. The molecular weight excluding hydrogens is 902 g/mol. The number of sulfone groups is 2. The van der Waals surface area contributed by atoms with Gasteiger partial charge in [-0.25, -0.2) is 55.4 Å². The van der Waals surface area contributed by atoms with E-state index in [1.165, 1.54) is 48.8 Å². The molecular formula is C43H54FN9O11S2. The van der Waals surface area contributed by atoms with E-state index >= 15 is 0 Å². The van der Waals surface area contributed by atoms with Gasteiger partial charge in [-0.1, -0.05) is 6.07 Å². The molecule has 0 saturated carbocycles. The fourth-order valence-electron chi connectivity index (χ4n) is 7.11. The van der Waals surface area contributed by atoms with Crippen LogP contribution in [0.5, 0.6) is 17.5 Å². The van der Waals surface area contributed by atoms with Crippen molar-refractivity contribution in [1.29, 1.82) is 0 Å². The van der Waals surface area contributed by atoms with E-state index in [0.29, 0.717) is 98.2 Å². The highest BCUT2D eigenvalue weighted by Gasteiger charge is 2.29. The molecule has 2 aliphatic heterocycles. The summed E-state index contributed by atoms with van der Waals surface area (Å²) in [5, 5.41) is 4.73. The molecule has 2 saturated heterocycles. The van der Waals surface area contributed by atoms with Gasteiger partial charge in [0, 0.05) is 76.5 Å². The number of aromatic nitrogens is 7. The quantitative estimate of drug-likeness (QED) is 0.154. The van der Waals surface area contributed by atoms with Gasteiger partial charge in [-0.05, 0) is 64.4 Å². The number of halogens is 1. The van der Waals surface area contributed by atoms with Crippen molar-refractivity contribution < 1.29 is 54.5 Å². The highest BCUT2D eigenvalue weighted by molar-refractivity contribution is 7.91. The summed E-state index contributed by atoms with van der Waals surface area (Å²) in [5.41, 5.74) is 2.41. The summed E-state index contributed by atoms with van der Waals surface area (Å²) in [6.45, 7) is 11.1. The fraction of sp³-hybridized carbons (Fsp3) is 0.488. The molecule has 356 valence electrons. The summed E-state index contributed by atoms with van der Waals surface area (Å²) in [6, 6.07) is 6.83. The van der Waals surface area contributed by atoms with E-state index in [1.807, 2.05) is 13.8 Å². The molecule has 2 aliphatic rings. The Morgan fingerprint density at radius 3 is 1.85 bits per heavy atom. The van der Waals surface area contributed by atoms with E-state index < -0.39 is 25.5 Å². The van der Waals surface area contributed by atoms with Crippen LogP contribution < -0.4 is 14.2 Å². The lowest BCUT2D eigenvalue weighted by atomic mass is 10.1.